The summed E-state index contributed by atoms with van der Waals surface area (Å²) in [6, 6.07) is 7.39. The number of amides is 2. The third-order valence-electron chi connectivity index (χ3n) is 3.72. The van der Waals surface area contributed by atoms with E-state index >= 15 is 0 Å². The van der Waals surface area contributed by atoms with Gasteiger partial charge in [0.05, 0.1) is 0 Å². The highest BCUT2D eigenvalue weighted by Crippen LogP contribution is 2.20. The van der Waals surface area contributed by atoms with Crippen LogP contribution in [0.15, 0.2) is 30.5 Å². The third kappa shape index (κ3) is 3.42. The Bertz CT molecular complexity index is 648. The summed E-state index contributed by atoms with van der Waals surface area (Å²) >= 11 is 0. The number of primary amides is 1. The van der Waals surface area contributed by atoms with Crippen molar-refractivity contribution in [3.05, 3.63) is 36.0 Å². The lowest BCUT2D eigenvalue weighted by Crippen LogP contribution is -2.46. The van der Waals surface area contributed by atoms with Gasteiger partial charge < -0.3 is 16.0 Å². The first-order chi connectivity index (χ1) is 10.0. The molecule has 112 valence electrons. The van der Waals surface area contributed by atoms with Crippen molar-refractivity contribution in [2.24, 2.45) is 11.7 Å². The zero-order valence-corrected chi connectivity index (χ0v) is 12.3. The largest absolute Gasteiger partial charge is 0.368 e. The van der Waals surface area contributed by atoms with Crippen molar-refractivity contribution in [1.82, 2.24) is 10.3 Å². The maximum atomic E-state index is 12.2. The van der Waals surface area contributed by atoms with Crippen LogP contribution in [0, 0.1) is 5.92 Å². The molecule has 0 aliphatic carbocycles. The van der Waals surface area contributed by atoms with Crippen molar-refractivity contribution < 1.29 is 9.59 Å². The second kappa shape index (κ2) is 6.43. The molecule has 1 aromatic heterocycles. The van der Waals surface area contributed by atoms with E-state index in [4.69, 9.17) is 5.73 Å². The second-order valence-electron chi connectivity index (χ2n) is 5.34. The number of hydrogen-bond acceptors (Lipinski definition) is 2. The summed E-state index contributed by atoms with van der Waals surface area (Å²) < 4.78 is 0. The van der Waals surface area contributed by atoms with Crippen LogP contribution >= 0.6 is 0 Å². The molecular formula is C16H21N3O2. The fourth-order valence-electron chi connectivity index (χ4n) is 2.41. The van der Waals surface area contributed by atoms with Crippen LogP contribution in [-0.2, 0) is 16.0 Å². The first-order valence-electron chi connectivity index (χ1n) is 7.17. The number of para-hydroxylation sites is 1. The van der Waals surface area contributed by atoms with Gasteiger partial charge in [0.2, 0.25) is 11.8 Å². The number of rotatable bonds is 6. The summed E-state index contributed by atoms with van der Waals surface area (Å²) in [6.07, 6.45) is 3.05. The minimum absolute atomic E-state index is 0.147. The van der Waals surface area contributed by atoms with E-state index in [-0.39, 0.29) is 11.8 Å². The lowest BCUT2D eigenvalue weighted by atomic mass is 9.99. The Morgan fingerprint density at radius 2 is 2.05 bits per heavy atom. The van der Waals surface area contributed by atoms with Crippen molar-refractivity contribution in [3.63, 3.8) is 0 Å². The van der Waals surface area contributed by atoms with Crippen LogP contribution in [0.3, 0.4) is 0 Å². The molecule has 0 radical (unpaired) electrons. The average molecular weight is 287 g/mol. The molecule has 1 aromatic carbocycles. The SMILES string of the molecule is CC[C@H](NC(=O)[C@@H](C)Cc1c[nH]c2ccccc12)C(N)=O. The van der Waals surface area contributed by atoms with E-state index in [1.165, 1.54) is 0 Å². The molecule has 0 aliphatic heterocycles. The standard InChI is InChI=1S/C16H21N3O2/c1-3-13(15(17)20)19-16(21)10(2)8-11-9-18-14-7-5-4-6-12(11)14/h4-7,9-10,13,18H,3,8H2,1-2H3,(H2,17,20)(H,19,21)/t10-,13-/m0/s1. The van der Waals surface area contributed by atoms with Crippen LogP contribution < -0.4 is 11.1 Å². The van der Waals surface area contributed by atoms with Gasteiger partial charge >= 0.3 is 0 Å². The molecule has 2 atom stereocenters. The molecule has 4 N–H and O–H groups in total. The molecule has 0 saturated carbocycles. The van der Waals surface area contributed by atoms with Gasteiger partial charge in [-0.05, 0) is 24.5 Å². The fraction of sp³-hybridized carbons (Fsp3) is 0.375. The van der Waals surface area contributed by atoms with E-state index < -0.39 is 11.9 Å². The Kier molecular flexibility index (Phi) is 4.62. The third-order valence-corrected chi connectivity index (χ3v) is 3.72. The molecule has 5 nitrogen and oxygen atoms in total. The van der Waals surface area contributed by atoms with E-state index in [0.717, 1.165) is 16.5 Å². The number of carbonyl (C=O) groups excluding carboxylic acids is 2. The number of H-pyrrole nitrogens is 1. The molecule has 2 rings (SSSR count). The van der Waals surface area contributed by atoms with Crippen LogP contribution in [0.1, 0.15) is 25.8 Å². The van der Waals surface area contributed by atoms with E-state index in [2.05, 4.69) is 10.3 Å². The highest BCUT2D eigenvalue weighted by atomic mass is 16.2. The number of fused-ring (bicyclic) bond motifs is 1. The van der Waals surface area contributed by atoms with Crippen LogP contribution in [0.2, 0.25) is 0 Å². The molecule has 0 bridgehead atoms. The fourth-order valence-corrected chi connectivity index (χ4v) is 2.41. The monoisotopic (exact) mass is 287 g/mol. The van der Waals surface area contributed by atoms with Crippen molar-refractivity contribution in [1.29, 1.82) is 0 Å². The molecule has 0 spiro atoms. The summed E-state index contributed by atoms with van der Waals surface area (Å²) in [4.78, 5) is 26.5. The summed E-state index contributed by atoms with van der Waals surface area (Å²) in [6.45, 7) is 3.67. The number of nitrogens with one attached hydrogen (secondary N) is 2. The van der Waals surface area contributed by atoms with Crippen LogP contribution in [-0.4, -0.2) is 22.8 Å². The van der Waals surface area contributed by atoms with Gasteiger partial charge in [-0.2, -0.15) is 0 Å². The predicted octanol–water partition coefficient (Wildman–Crippen LogP) is 1.73. The number of hydrogen-bond donors (Lipinski definition) is 3. The summed E-state index contributed by atoms with van der Waals surface area (Å²) in [5.74, 6) is -0.867. The molecule has 0 aliphatic rings. The Labute approximate surface area is 123 Å². The van der Waals surface area contributed by atoms with E-state index in [9.17, 15) is 9.59 Å². The Hall–Kier alpha value is -2.30. The second-order valence-corrected chi connectivity index (χ2v) is 5.34. The zero-order chi connectivity index (χ0) is 15.4. The average Bonchev–Trinajstić information content (AvgIpc) is 2.87. The minimum atomic E-state index is -0.595. The number of aromatic amines is 1. The van der Waals surface area contributed by atoms with Gasteiger partial charge in [-0.3, -0.25) is 9.59 Å². The number of aromatic nitrogens is 1. The molecule has 1 heterocycles. The van der Waals surface area contributed by atoms with Crippen molar-refractivity contribution in [2.45, 2.75) is 32.7 Å². The molecule has 0 unspecified atom stereocenters. The summed E-state index contributed by atoms with van der Waals surface area (Å²) in [5, 5.41) is 3.83. The van der Waals surface area contributed by atoms with Crippen molar-refractivity contribution >= 4 is 22.7 Å². The Balaban J connectivity index is 2.05. The van der Waals surface area contributed by atoms with E-state index in [1.54, 1.807) is 0 Å². The lowest BCUT2D eigenvalue weighted by molar-refractivity contribution is -0.129. The lowest BCUT2D eigenvalue weighted by Gasteiger charge is -2.17. The van der Waals surface area contributed by atoms with Gasteiger partial charge in [-0.1, -0.05) is 32.0 Å². The number of benzene rings is 1. The number of nitrogens with two attached hydrogens (primary N) is 1. The normalized spacial score (nSPS) is 13.8. The Morgan fingerprint density at radius 1 is 1.33 bits per heavy atom. The van der Waals surface area contributed by atoms with Crippen LogP contribution in [0.25, 0.3) is 10.9 Å². The maximum Gasteiger partial charge on any atom is 0.239 e. The quantitative estimate of drug-likeness (QED) is 0.755. The molecule has 2 aromatic rings. The minimum Gasteiger partial charge on any atom is -0.368 e. The Morgan fingerprint density at radius 3 is 2.71 bits per heavy atom. The van der Waals surface area contributed by atoms with Gasteiger partial charge in [-0.15, -0.1) is 0 Å². The highest BCUT2D eigenvalue weighted by Gasteiger charge is 2.21. The van der Waals surface area contributed by atoms with Gasteiger partial charge in [0.15, 0.2) is 0 Å². The number of carbonyl (C=O) groups is 2. The van der Waals surface area contributed by atoms with Crippen LogP contribution in [0.4, 0.5) is 0 Å². The van der Waals surface area contributed by atoms with E-state index in [0.29, 0.717) is 12.8 Å². The smallest absolute Gasteiger partial charge is 0.239 e. The molecule has 2 amide bonds. The summed E-state index contributed by atoms with van der Waals surface area (Å²) in [5.41, 5.74) is 7.40. The summed E-state index contributed by atoms with van der Waals surface area (Å²) in [7, 11) is 0. The zero-order valence-electron chi connectivity index (χ0n) is 12.3. The van der Waals surface area contributed by atoms with Gasteiger partial charge in [0, 0.05) is 23.0 Å². The van der Waals surface area contributed by atoms with E-state index in [1.807, 2.05) is 44.3 Å². The highest BCUT2D eigenvalue weighted by molar-refractivity contribution is 5.88. The molecular weight excluding hydrogens is 266 g/mol. The van der Waals surface area contributed by atoms with Crippen molar-refractivity contribution in [3.8, 4) is 0 Å². The van der Waals surface area contributed by atoms with Gasteiger partial charge in [-0.25, -0.2) is 0 Å². The van der Waals surface area contributed by atoms with Crippen molar-refractivity contribution in [2.75, 3.05) is 0 Å². The maximum absolute atomic E-state index is 12.2. The first-order valence-corrected chi connectivity index (χ1v) is 7.17. The molecule has 5 heteroatoms. The first kappa shape index (κ1) is 15.1. The molecule has 0 saturated heterocycles. The predicted molar refractivity (Wildman–Crippen MR) is 82.6 cm³/mol. The molecule has 21 heavy (non-hydrogen) atoms. The van der Waals surface area contributed by atoms with Gasteiger partial charge in [0.1, 0.15) is 6.04 Å². The molecule has 0 fully saturated rings. The topological polar surface area (TPSA) is 88.0 Å². The van der Waals surface area contributed by atoms with Crippen LogP contribution in [0.5, 0.6) is 0 Å². The van der Waals surface area contributed by atoms with Gasteiger partial charge in [0.25, 0.3) is 0 Å².